The highest BCUT2D eigenvalue weighted by atomic mass is 19.3. The van der Waals surface area contributed by atoms with E-state index in [-0.39, 0.29) is 5.89 Å². The van der Waals surface area contributed by atoms with E-state index in [2.05, 4.69) is 15.3 Å². The van der Waals surface area contributed by atoms with E-state index in [4.69, 9.17) is 4.42 Å². The Morgan fingerprint density at radius 2 is 2.12 bits per heavy atom. The van der Waals surface area contributed by atoms with E-state index >= 15 is 0 Å². The second-order valence-electron chi connectivity index (χ2n) is 3.76. The Morgan fingerprint density at radius 1 is 1.38 bits per heavy atom. The Bertz CT molecular complexity index is 464. The molecule has 0 unspecified atom stereocenters. The SMILES string of the molecule is CC(C)(c1nnc(C(F)F)o1)n1cccn1. The van der Waals surface area contributed by atoms with Crippen molar-refractivity contribution in [1.82, 2.24) is 20.0 Å². The van der Waals surface area contributed by atoms with Crippen molar-refractivity contribution in [3.05, 3.63) is 30.2 Å². The van der Waals surface area contributed by atoms with Crippen LogP contribution in [0.2, 0.25) is 0 Å². The lowest BCUT2D eigenvalue weighted by molar-refractivity contribution is 0.109. The maximum atomic E-state index is 12.3. The summed E-state index contributed by atoms with van der Waals surface area (Å²) in [6.07, 6.45) is 0.535. The molecule has 2 rings (SSSR count). The Kier molecular flexibility index (Phi) is 2.45. The van der Waals surface area contributed by atoms with Crippen LogP contribution < -0.4 is 0 Å². The minimum atomic E-state index is -2.75. The lowest BCUT2D eigenvalue weighted by atomic mass is 10.1. The highest BCUT2D eigenvalue weighted by Gasteiger charge is 2.31. The van der Waals surface area contributed by atoms with Gasteiger partial charge in [0, 0.05) is 12.4 Å². The van der Waals surface area contributed by atoms with Gasteiger partial charge in [-0.1, -0.05) is 0 Å². The average Bonchev–Trinajstić information content (AvgIpc) is 2.90. The summed E-state index contributed by atoms with van der Waals surface area (Å²) in [5, 5.41) is 10.9. The molecule has 0 aliphatic rings. The van der Waals surface area contributed by atoms with Crippen molar-refractivity contribution in [2.24, 2.45) is 0 Å². The molecular weight excluding hydrogens is 218 g/mol. The summed E-state index contributed by atoms with van der Waals surface area (Å²) in [6.45, 7) is 3.51. The van der Waals surface area contributed by atoms with Gasteiger partial charge in [0.15, 0.2) is 0 Å². The molecule has 0 aliphatic carbocycles. The Balaban J connectivity index is 2.36. The van der Waals surface area contributed by atoms with Gasteiger partial charge < -0.3 is 4.42 Å². The van der Waals surface area contributed by atoms with Crippen LogP contribution in [0.25, 0.3) is 0 Å². The van der Waals surface area contributed by atoms with Crippen molar-refractivity contribution in [3.63, 3.8) is 0 Å². The molecule has 0 radical (unpaired) electrons. The Hall–Kier alpha value is -1.79. The maximum absolute atomic E-state index is 12.3. The first-order valence-corrected chi connectivity index (χ1v) is 4.64. The largest absolute Gasteiger partial charge is 0.417 e. The zero-order valence-electron chi connectivity index (χ0n) is 8.76. The molecule has 0 fully saturated rings. The van der Waals surface area contributed by atoms with Crippen molar-refractivity contribution in [2.75, 3.05) is 0 Å². The van der Waals surface area contributed by atoms with Crippen LogP contribution in [0.15, 0.2) is 22.9 Å². The van der Waals surface area contributed by atoms with Gasteiger partial charge in [0.25, 0.3) is 5.89 Å². The summed E-state index contributed by atoms with van der Waals surface area (Å²) in [7, 11) is 0. The summed E-state index contributed by atoms with van der Waals surface area (Å²) in [4.78, 5) is 0. The number of halogens is 2. The standard InChI is InChI=1S/C9H10F2N4O/c1-9(2,15-5-3-4-12-15)8-14-13-7(16-8)6(10)11/h3-6H,1-2H3. The van der Waals surface area contributed by atoms with Crippen molar-refractivity contribution < 1.29 is 13.2 Å². The minimum Gasteiger partial charge on any atom is -0.417 e. The number of alkyl halides is 2. The molecule has 0 spiro atoms. The van der Waals surface area contributed by atoms with E-state index in [0.717, 1.165) is 0 Å². The summed E-state index contributed by atoms with van der Waals surface area (Å²) in [5.41, 5.74) is -0.746. The van der Waals surface area contributed by atoms with Crippen LogP contribution in [-0.4, -0.2) is 20.0 Å². The first-order chi connectivity index (χ1) is 7.51. The van der Waals surface area contributed by atoms with Gasteiger partial charge in [-0.2, -0.15) is 13.9 Å². The smallest absolute Gasteiger partial charge is 0.314 e. The summed E-state index contributed by atoms with van der Waals surface area (Å²) < 4.78 is 31.1. The van der Waals surface area contributed by atoms with Gasteiger partial charge in [0.1, 0.15) is 5.54 Å². The third kappa shape index (κ3) is 1.68. The van der Waals surface area contributed by atoms with Crippen LogP contribution in [0.1, 0.15) is 32.1 Å². The molecule has 0 bridgehead atoms. The van der Waals surface area contributed by atoms with Crippen molar-refractivity contribution >= 4 is 0 Å². The lowest BCUT2D eigenvalue weighted by Crippen LogP contribution is -2.28. The normalized spacial score (nSPS) is 12.3. The molecule has 0 aromatic carbocycles. The molecule has 0 saturated carbocycles. The fourth-order valence-corrected chi connectivity index (χ4v) is 1.27. The monoisotopic (exact) mass is 228 g/mol. The van der Waals surface area contributed by atoms with E-state index in [0.29, 0.717) is 0 Å². The van der Waals surface area contributed by atoms with E-state index in [1.54, 1.807) is 37.0 Å². The molecule has 0 amide bonds. The van der Waals surface area contributed by atoms with E-state index in [9.17, 15) is 8.78 Å². The quantitative estimate of drug-likeness (QED) is 0.806. The summed E-state index contributed by atoms with van der Waals surface area (Å²) >= 11 is 0. The number of hydrogen-bond donors (Lipinski definition) is 0. The van der Waals surface area contributed by atoms with Gasteiger partial charge >= 0.3 is 6.43 Å². The third-order valence-corrected chi connectivity index (χ3v) is 2.23. The first-order valence-electron chi connectivity index (χ1n) is 4.64. The molecule has 7 heteroatoms. The zero-order valence-corrected chi connectivity index (χ0v) is 8.76. The lowest BCUT2D eigenvalue weighted by Gasteiger charge is -2.20. The van der Waals surface area contributed by atoms with Gasteiger partial charge in [-0.3, -0.25) is 4.68 Å². The van der Waals surface area contributed by atoms with Gasteiger partial charge in [-0.15, -0.1) is 10.2 Å². The van der Waals surface area contributed by atoms with Crippen LogP contribution in [0, 0.1) is 0 Å². The predicted molar refractivity (Wildman–Crippen MR) is 49.9 cm³/mol. The highest BCUT2D eigenvalue weighted by molar-refractivity contribution is 5.01. The minimum absolute atomic E-state index is 0.103. The first kappa shape index (κ1) is 10.7. The molecule has 16 heavy (non-hydrogen) atoms. The van der Waals surface area contributed by atoms with Gasteiger partial charge in [0.2, 0.25) is 5.89 Å². The van der Waals surface area contributed by atoms with Crippen molar-refractivity contribution in [1.29, 1.82) is 0 Å². The van der Waals surface area contributed by atoms with E-state index < -0.39 is 17.9 Å². The molecule has 0 N–H and O–H groups in total. The second kappa shape index (κ2) is 3.66. The summed E-state index contributed by atoms with van der Waals surface area (Å²) in [6, 6.07) is 1.73. The number of aromatic nitrogens is 4. The molecular formula is C9H10F2N4O. The van der Waals surface area contributed by atoms with E-state index in [1.165, 1.54) is 0 Å². The van der Waals surface area contributed by atoms with Crippen LogP contribution in [0.5, 0.6) is 0 Å². The molecule has 5 nitrogen and oxygen atoms in total. The summed E-state index contributed by atoms with van der Waals surface area (Å²) in [5.74, 6) is -0.568. The third-order valence-electron chi connectivity index (χ3n) is 2.23. The maximum Gasteiger partial charge on any atom is 0.314 e. The van der Waals surface area contributed by atoms with Gasteiger partial charge in [0.05, 0.1) is 0 Å². The second-order valence-corrected chi connectivity index (χ2v) is 3.76. The average molecular weight is 228 g/mol. The zero-order chi connectivity index (χ0) is 11.8. The molecule has 86 valence electrons. The predicted octanol–water partition coefficient (Wildman–Crippen LogP) is 1.99. The van der Waals surface area contributed by atoms with Crippen molar-refractivity contribution in [3.8, 4) is 0 Å². The van der Waals surface area contributed by atoms with Gasteiger partial charge in [-0.05, 0) is 19.9 Å². The molecule has 2 aromatic heterocycles. The number of rotatable bonds is 3. The van der Waals surface area contributed by atoms with Crippen LogP contribution in [0.4, 0.5) is 8.78 Å². The Morgan fingerprint density at radius 3 is 2.62 bits per heavy atom. The van der Waals surface area contributed by atoms with E-state index in [1.807, 2.05) is 0 Å². The fraction of sp³-hybridized carbons (Fsp3) is 0.444. The number of hydrogen-bond acceptors (Lipinski definition) is 4. The Labute approximate surface area is 90.1 Å². The molecule has 0 atom stereocenters. The number of nitrogens with zero attached hydrogens (tertiary/aromatic N) is 4. The molecule has 2 aromatic rings. The van der Waals surface area contributed by atoms with Gasteiger partial charge in [-0.25, -0.2) is 0 Å². The van der Waals surface area contributed by atoms with Crippen LogP contribution >= 0.6 is 0 Å². The fourth-order valence-electron chi connectivity index (χ4n) is 1.27. The molecule has 0 aliphatic heterocycles. The molecule has 2 heterocycles. The van der Waals surface area contributed by atoms with Crippen LogP contribution in [0.3, 0.4) is 0 Å². The molecule has 0 saturated heterocycles. The topological polar surface area (TPSA) is 56.7 Å². The van der Waals surface area contributed by atoms with Crippen LogP contribution in [-0.2, 0) is 5.54 Å². The highest BCUT2D eigenvalue weighted by Crippen LogP contribution is 2.26. The van der Waals surface area contributed by atoms with Crippen molar-refractivity contribution in [2.45, 2.75) is 25.8 Å².